The summed E-state index contributed by atoms with van der Waals surface area (Å²) in [7, 11) is 1.44. The van der Waals surface area contributed by atoms with Crippen molar-refractivity contribution in [2.24, 2.45) is 5.10 Å². The lowest BCUT2D eigenvalue weighted by Crippen LogP contribution is -2.20. The molecule has 0 amide bonds. The second-order valence-corrected chi connectivity index (χ2v) is 8.34. The Balaban J connectivity index is 1.53. The van der Waals surface area contributed by atoms with Gasteiger partial charge in [0.2, 0.25) is 5.88 Å². The van der Waals surface area contributed by atoms with Crippen molar-refractivity contribution in [1.82, 2.24) is 14.6 Å². The van der Waals surface area contributed by atoms with Crippen molar-refractivity contribution in [2.75, 3.05) is 7.11 Å². The van der Waals surface area contributed by atoms with Crippen LogP contribution in [-0.2, 0) is 0 Å². The first kappa shape index (κ1) is 24.6. The van der Waals surface area contributed by atoms with Crippen LogP contribution in [0.5, 0.6) is 17.4 Å². The summed E-state index contributed by atoms with van der Waals surface area (Å²) < 4.78 is 12.4. The van der Waals surface area contributed by atoms with E-state index in [2.05, 4.69) is 15.1 Å². The first-order valence-corrected chi connectivity index (χ1v) is 11.6. The lowest BCUT2D eigenvalue weighted by atomic mass is 10.2. The number of pyridine rings is 1. The van der Waals surface area contributed by atoms with Crippen LogP contribution in [0.3, 0.4) is 0 Å². The number of fused-ring (bicyclic) bond motifs is 1. The van der Waals surface area contributed by atoms with Crippen LogP contribution in [0.15, 0.2) is 95.0 Å². The molecule has 0 aliphatic carbocycles. The summed E-state index contributed by atoms with van der Waals surface area (Å²) in [6.45, 7) is 0. The van der Waals surface area contributed by atoms with Gasteiger partial charge in [0.1, 0.15) is 6.20 Å². The molecule has 0 radical (unpaired) electrons. The molecule has 0 saturated heterocycles. The molecule has 38 heavy (non-hydrogen) atoms. The molecule has 11 heteroatoms. The maximum absolute atomic E-state index is 13.3. The van der Waals surface area contributed by atoms with Gasteiger partial charge < -0.3 is 9.47 Å². The average Bonchev–Trinajstić information content (AvgIpc) is 2.94. The fraction of sp³-hybridized carbons (Fsp3) is 0.0370. The first-order chi connectivity index (χ1) is 18.4. The largest absolute Gasteiger partial charge is 0.493 e. The monoisotopic (exact) mass is 527 g/mol. The summed E-state index contributed by atoms with van der Waals surface area (Å²) in [5.41, 5.74) is 1.31. The number of benzene rings is 3. The second kappa shape index (κ2) is 10.5. The summed E-state index contributed by atoms with van der Waals surface area (Å²) in [6.07, 6.45) is 2.54. The maximum Gasteiger partial charge on any atom is 0.287 e. The molecule has 0 bridgehead atoms. The highest BCUT2D eigenvalue weighted by molar-refractivity contribution is 6.32. The molecule has 0 saturated carbocycles. The molecule has 2 heterocycles. The molecular weight excluding hydrogens is 510 g/mol. The molecule has 2 aromatic heterocycles. The predicted octanol–water partition coefficient (Wildman–Crippen LogP) is 5.70. The molecule has 0 atom stereocenters. The van der Waals surface area contributed by atoms with Gasteiger partial charge in [0.25, 0.3) is 11.2 Å². The number of aromatic nitrogens is 3. The van der Waals surface area contributed by atoms with E-state index in [1.165, 1.54) is 30.1 Å². The van der Waals surface area contributed by atoms with Crippen molar-refractivity contribution in [3.63, 3.8) is 0 Å². The molecule has 0 N–H and O–H groups in total. The number of methoxy groups -OCH3 is 1. The van der Waals surface area contributed by atoms with Gasteiger partial charge in [0.15, 0.2) is 17.3 Å². The van der Waals surface area contributed by atoms with Gasteiger partial charge in [-0.3, -0.25) is 14.9 Å². The molecule has 0 fully saturated rings. The Bertz CT molecular complexity index is 1740. The van der Waals surface area contributed by atoms with Gasteiger partial charge >= 0.3 is 0 Å². The van der Waals surface area contributed by atoms with E-state index in [4.69, 9.17) is 21.1 Å². The van der Waals surface area contributed by atoms with Crippen molar-refractivity contribution >= 4 is 34.4 Å². The Morgan fingerprint density at radius 3 is 2.53 bits per heavy atom. The Labute approximate surface area is 220 Å². The van der Waals surface area contributed by atoms with Gasteiger partial charge in [0.05, 0.1) is 34.2 Å². The fourth-order valence-electron chi connectivity index (χ4n) is 3.69. The minimum atomic E-state index is -0.557. The number of rotatable bonds is 7. The van der Waals surface area contributed by atoms with E-state index in [-0.39, 0.29) is 33.6 Å². The van der Waals surface area contributed by atoms with Crippen LogP contribution < -0.4 is 15.0 Å². The molecule has 0 aliphatic heterocycles. The Hall–Kier alpha value is -5.09. The lowest BCUT2D eigenvalue weighted by Gasteiger charge is -2.12. The Kier molecular flexibility index (Phi) is 6.79. The number of halogens is 1. The fourth-order valence-corrected chi connectivity index (χ4v) is 3.95. The SMILES string of the molecule is COc1cc(C=Nn2c(-c3ccccc3)nc3ccccc3c2=O)cc(Cl)c1Oc1ccc([N+](=O)[O-])cn1. The average molecular weight is 528 g/mol. The zero-order valence-corrected chi connectivity index (χ0v) is 20.6. The van der Waals surface area contributed by atoms with E-state index >= 15 is 0 Å². The van der Waals surface area contributed by atoms with E-state index in [9.17, 15) is 14.9 Å². The maximum atomic E-state index is 13.3. The van der Waals surface area contributed by atoms with Crippen LogP contribution in [0.25, 0.3) is 22.3 Å². The van der Waals surface area contributed by atoms with Crippen molar-refractivity contribution in [1.29, 1.82) is 0 Å². The van der Waals surface area contributed by atoms with E-state index < -0.39 is 4.92 Å². The summed E-state index contributed by atoms with van der Waals surface area (Å²) in [4.78, 5) is 32.3. The summed E-state index contributed by atoms with van der Waals surface area (Å²) in [5.74, 6) is 0.917. The smallest absolute Gasteiger partial charge is 0.287 e. The van der Waals surface area contributed by atoms with Crippen LogP contribution in [0.1, 0.15) is 5.56 Å². The van der Waals surface area contributed by atoms with Gasteiger partial charge in [-0.25, -0.2) is 9.97 Å². The highest BCUT2D eigenvalue weighted by atomic mass is 35.5. The number of para-hydroxylation sites is 1. The molecule has 0 aliphatic rings. The third-order valence-corrected chi connectivity index (χ3v) is 5.78. The van der Waals surface area contributed by atoms with Crippen LogP contribution in [-0.4, -0.2) is 32.9 Å². The highest BCUT2D eigenvalue weighted by Crippen LogP contribution is 2.38. The van der Waals surface area contributed by atoms with Crippen LogP contribution in [0.2, 0.25) is 5.02 Å². The lowest BCUT2D eigenvalue weighted by molar-refractivity contribution is -0.385. The summed E-state index contributed by atoms with van der Waals surface area (Å²) >= 11 is 6.48. The normalized spacial score (nSPS) is 11.1. The molecule has 0 unspecified atom stereocenters. The van der Waals surface area contributed by atoms with Crippen LogP contribution >= 0.6 is 11.6 Å². The molecule has 5 aromatic rings. The second-order valence-electron chi connectivity index (χ2n) is 7.93. The molecule has 3 aromatic carbocycles. The zero-order valence-electron chi connectivity index (χ0n) is 19.8. The minimum absolute atomic E-state index is 0.0958. The van der Waals surface area contributed by atoms with Gasteiger partial charge in [-0.15, -0.1) is 0 Å². The Morgan fingerprint density at radius 1 is 1.05 bits per heavy atom. The van der Waals surface area contributed by atoms with E-state index in [0.29, 0.717) is 22.3 Å². The summed E-state index contributed by atoms with van der Waals surface area (Å²) in [6, 6.07) is 22.2. The minimum Gasteiger partial charge on any atom is -0.493 e. The topological polar surface area (TPSA) is 122 Å². The predicted molar refractivity (Wildman–Crippen MR) is 143 cm³/mol. The van der Waals surface area contributed by atoms with Gasteiger partial charge in [-0.1, -0.05) is 54.1 Å². The number of nitrogens with zero attached hydrogens (tertiary/aromatic N) is 5. The number of nitro groups is 1. The van der Waals surface area contributed by atoms with Crippen LogP contribution in [0.4, 0.5) is 5.69 Å². The number of hydrogen-bond acceptors (Lipinski definition) is 8. The third-order valence-electron chi connectivity index (χ3n) is 5.50. The standard InChI is InChI=1S/C27H18ClN5O5/c1-37-23-14-17(13-21(28)25(23)38-24-12-11-19(16-29-24)33(35)36)15-30-32-26(18-7-3-2-4-8-18)31-22-10-6-5-9-20(22)27(32)34/h2-16H,1H3. The van der Waals surface area contributed by atoms with Gasteiger partial charge in [-0.2, -0.15) is 9.78 Å². The number of ether oxygens (including phenoxy) is 2. The quantitative estimate of drug-likeness (QED) is 0.151. The van der Waals surface area contributed by atoms with E-state index in [1.807, 2.05) is 36.4 Å². The molecule has 0 spiro atoms. The van der Waals surface area contributed by atoms with E-state index in [1.54, 1.807) is 30.3 Å². The third kappa shape index (κ3) is 4.93. The summed E-state index contributed by atoms with van der Waals surface area (Å²) in [5, 5.41) is 15.9. The van der Waals surface area contributed by atoms with Crippen molar-refractivity contribution < 1.29 is 14.4 Å². The van der Waals surface area contributed by atoms with Crippen LogP contribution in [0, 0.1) is 10.1 Å². The number of hydrogen-bond donors (Lipinski definition) is 0. The Morgan fingerprint density at radius 2 is 1.82 bits per heavy atom. The zero-order chi connectivity index (χ0) is 26.6. The van der Waals surface area contributed by atoms with Crippen molar-refractivity contribution in [3.05, 3.63) is 116 Å². The first-order valence-electron chi connectivity index (χ1n) is 11.2. The van der Waals surface area contributed by atoms with Crippen molar-refractivity contribution in [2.45, 2.75) is 0 Å². The van der Waals surface area contributed by atoms with E-state index in [0.717, 1.165) is 11.8 Å². The molecule has 5 rings (SSSR count). The molecule has 10 nitrogen and oxygen atoms in total. The van der Waals surface area contributed by atoms with Crippen molar-refractivity contribution in [3.8, 4) is 28.8 Å². The van der Waals surface area contributed by atoms with Gasteiger partial charge in [0, 0.05) is 17.7 Å². The molecule has 188 valence electrons. The van der Waals surface area contributed by atoms with Gasteiger partial charge in [-0.05, 0) is 29.8 Å². The molecular formula is C27H18ClN5O5. The highest BCUT2D eigenvalue weighted by Gasteiger charge is 2.16.